The van der Waals surface area contributed by atoms with Crippen LogP contribution in [0.2, 0.25) is 0 Å². The van der Waals surface area contributed by atoms with Crippen molar-refractivity contribution in [1.29, 1.82) is 0 Å². The molecule has 0 saturated heterocycles. The van der Waals surface area contributed by atoms with E-state index in [0.29, 0.717) is 5.92 Å². The first-order valence-corrected chi connectivity index (χ1v) is 5.75. The zero-order valence-electron chi connectivity index (χ0n) is 9.11. The molecule has 1 aromatic heterocycles. The quantitative estimate of drug-likeness (QED) is 0.919. The van der Waals surface area contributed by atoms with Crippen molar-refractivity contribution in [2.75, 3.05) is 0 Å². The van der Waals surface area contributed by atoms with Crippen molar-refractivity contribution < 1.29 is 0 Å². The lowest BCUT2D eigenvalue weighted by atomic mass is 10.00. The van der Waals surface area contributed by atoms with Gasteiger partial charge in [0.2, 0.25) is 0 Å². The smallest absolute Gasteiger partial charge is 0.0410 e. The SMILES string of the molecule is CC(C)CC[C@H](N)c1cncc(Br)c1.Cl. The molecule has 0 bridgehead atoms. The Balaban J connectivity index is 0.00000196. The molecule has 0 radical (unpaired) electrons. The fourth-order valence-electron chi connectivity index (χ4n) is 1.31. The maximum atomic E-state index is 6.05. The van der Waals surface area contributed by atoms with E-state index < -0.39 is 0 Å². The molecule has 0 aliphatic heterocycles. The number of rotatable bonds is 4. The molecule has 0 aromatic carbocycles. The number of aromatic nitrogens is 1. The Morgan fingerprint density at radius 2 is 2.00 bits per heavy atom. The van der Waals surface area contributed by atoms with Crippen LogP contribution in [0, 0.1) is 5.92 Å². The summed E-state index contributed by atoms with van der Waals surface area (Å²) in [6, 6.07) is 2.15. The van der Waals surface area contributed by atoms with Crippen molar-refractivity contribution in [3.8, 4) is 0 Å². The van der Waals surface area contributed by atoms with Gasteiger partial charge in [-0.1, -0.05) is 13.8 Å². The third kappa shape index (κ3) is 5.50. The minimum atomic E-state index is 0. The van der Waals surface area contributed by atoms with Crippen LogP contribution in [0.4, 0.5) is 0 Å². The van der Waals surface area contributed by atoms with Gasteiger partial charge in [-0.2, -0.15) is 0 Å². The third-order valence-electron chi connectivity index (χ3n) is 2.21. The molecule has 0 fully saturated rings. The monoisotopic (exact) mass is 292 g/mol. The largest absolute Gasteiger partial charge is 0.324 e. The van der Waals surface area contributed by atoms with E-state index in [1.807, 2.05) is 12.3 Å². The first-order chi connectivity index (χ1) is 6.59. The number of halogens is 2. The summed E-state index contributed by atoms with van der Waals surface area (Å²) >= 11 is 3.39. The van der Waals surface area contributed by atoms with Crippen molar-refractivity contribution >= 4 is 28.3 Å². The fraction of sp³-hybridized carbons (Fsp3) is 0.545. The normalized spacial score (nSPS) is 12.3. The number of hydrogen-bond acceptors (Lipinski definition) is 2. The van der Waals surface area contributed by atoms with Crippen LogP contribution in [-0.4, -0.2) is 4.98 Å². The molecule has 0 amide bonds. The molecular formula is C11H18BrClN2. The molecular weight excluding hydrogens is 275 g/mol. The summed E-state index contributed by atoms with van der Waals surface area (Å²) in [5.41, 5.74) is 7.16. The van der Waals surface area contributed by atoms with E-state index in [0.717, 1.165) is 22.9 Å². The van der Waals surface area contributed by atoms with Crippen molar-refractivity contribution in [2.24, 2.45) is 11.7 Å². The molecule has 0 aliphatic carbocycles. The van der Waals surface area contributed by atoms with Crippen molar-refractivity contribution in [2.45, 2.75) is 32.7 Å². The standard InChI is InChI=1S/C11H17BrN2.ClH/c1-8(2)3-4-11(13)9-5-10(12)7-14-6-9;/h5-8,11H,3-4,13H2,1-2H3;1H/t11-;/m0./s1. The molecule has 0 unspecified atom stereocenters. The van der Waals surface area contributed by atoms with Gasteiger partial charge in [-0.05, 0) is 46.3 Å². The van der Waals surface area contributed by atoms with E-state index in [9.17, 15) is 0 Å². The summed E-state index contributed by atoms with van der Waals surface area (Å²) in [6.07, 6.45) is 5.80. The van der Waals surface area contributed by atoms with Crippen LogP contribution in [0.15, 0.2) is 22.9 Å². The Kier molecular flexibility index (Phi) is 7.14. The number of nitrogens with two attached hydrogens (primary N) is 1. The van der Waals surface area contributed by atoms with Crippen molar-refractivity contribution in [3.63, 3.8) is 0 Å². The lowest BCUT2D eigenvalue weighted by molar-refractivity contribution is 0.506. The van der Waals surface area contributed by atoms with Gasteiger partial charge in [0.05, 0.1) is 0 Å². The van der Waals surface area contributed by atoms with E-state index in [4.69, 9.17) is 5.73 Å². The van der Waals surface area contributed by atoms with Gasteiger partial charge in [0.25, 0.3) is 0 Å². The molecule has 1 aromatic rings. The van der Waals surface area contributed by atoms with Gasteiger partial charge in [0.15, 0.2) is 0 Å². The van der Waals surface area contributed by atoms with E-state index >= 15 is 0 Å². The topological polar surface area (TPSA) is 38.9 Å². The van der Waals surface area contributed by atoms with E-state index in [2.05, 4.69) is 34.8 Å². The first-order valence-electron chi connectivity index (χ1n) is 4.95. The predicted molar refractivity (Wildman–Crippen MR) is 70.2 cm³/mol. The Morgan fingerprint density at radius 1 is 1.33 bits per heavy atom. The maximum absolute atomic E-state index is 6.05. The van der Waals surface area contributed by atoms with Crippen molar-refractivity contribution in [3.05, 3.63) is 28.5 Å². The average molecular weight is 294 g/mol. The summed E-state index contributed by atoms with van der Waals surface area (Å²) in [4.78, 5) is 4.11. The molecule has 1 rings (SSSR count). The van der Waals surface area contributed by atoms with Crippen LogP contribution in [0.25, 0.3) is 0 Å². The van der Waals surface area contributed by atoms with Crippen LogP contribution in [0.5, 0.6) is 0 Å². The molecule has 15 heavy (non-hydrogen) atoms. The molecule has 1 heterocycles. The molecule has 4 heteroatoms. The lowest BCUT2D eigenvalue weighted by Crippen LogP contribution is -2.11. The van der Waals surface area contributed by atoms with Gasteiger partial charge < -0.3 is 5.73 Å². The number of hydrogen-bond donors (Lipinski definition) is 1. The Morgan fingerprint density at radius 3 is 2.53 bits per heavy atom. The average Bonchev–Trinajstić information content (AvgIpc) is 2.14. The summed E-state index contributed by atoms with van der Waals surface area (Å²) in [5.74, 6) is 0.709. The zero-order chi connectivity index (χ0) is 10.6. The second-order valence-corrected chi connectivity index (χ2v) is 4.93. The van der Waals surface area contributed by atoms with Gasteiger partial charge in [0, 0.05) is 22.9 Å². The molecule has 86 valence electrons. The van der Waals surface area contributed by atoms with Crippen LogP contribution < -0.4 is 5.73 Å². The van der Waals surface area contributed by atoms with Crippen LogP contribution in [0.3, 0.4) is 0 Å². The first kappa shape index (κ1) is 14.9. The highest BCUT2D eigenvalue weighted by atomic mass is 79.9. The van der Waals surface area contributed by atoms with E-state index in [-0.39, 0.29) is 18.4 Å². The Bertz CT molecular complexity index is 292. The van der Waals surface area contributed by atoms with E-state index in [1.165, 1.54) is 0 Å². The second kappa shape index (κ2) is 7.20. The molecule has 0 spiro atoms. The fourth-order valence-corrected chi connectivity index (χ4v) is 1.69. The highest BCUT2D eigenvalue weighted by molar-refractivity contribution is 9.10. The van der Waals surface area contributed by atoms with Gasteiger partial charge in [-0.3, -0.25) is 4.98 Å². The zero-order valence-corrected chi connectivity index (χ0v) is 11.5. The Labute approximate surface area is 106 Å². The number of nitrogens with zero attached hydrogens (tertiary/aromatic N) is 1. The van der Waals surface area contributed by atoms with Crippen LogP contribution in [0.1, 0.15) is 38.3 Å². The van der Waals surface area contributed by atoms with Crippen LogP contribution >= 0.6 is 28.3 Å². The molecule has 0 saturated carbocycles. The minimum absolute atomic E-state index is 0. The summed E-state index contributed by atoms with van der Waals surface area (Å²) in [7, 11) is 0. The third-order valence-corrected chi connectivity index (χ3v) is 2.64. The maximum Gasteiger partial charge on any atom is 0.0410 e. The van der Waals surface area contributed by atoms with Gasteiger partial charge in [0.1, 0.15) is 0 Å². The molecule has 1 atom stereocenters. The van der Waals surface area contributed by atoms with Gasteiger partial charge >= 0.3 is 0 Å². The molecule has 2 N–H and O–H groups in total. The van der Waals surface area contributed by atoms with Gasteiger partial charge in [-0.15, -0.1) is 12.4 Å². The highest BCUT2D eigenvalue weighted by Gasteiger charge is 2.07. The summed E-state index contributed by atoms with van der Waals surface area (Å²) in [5, 5.41) is 0. The van der Waals surface area contributed by atoms with E-state index in [1.54, 1.807) is 6.20 Å². The van der Waals surface area contributed by atoms with Crippen molar-refractivity contribution in [1.82, 2.24) is 4.98 Å². The molecule has 2 nitrogen and oxygen atoms in total. The summed E-state index contributed by atoms with van der Waals surface area (Å²) < 4.78 is 0.995. The Hall–Kier alpha value is -0.120. The second-order valence-electron chi connectivity index (χ2n) is 4.01. The number of pyridine rings is 1. The highest BCUT2D eigenvalue weighted by Crippen LogP contribution is 2.20. The van der Waals surface area contributed by atoms with Crippen LogP contribution in [-0.2, 0) is 0 Å². The van der Waals surface area contributed by atoms with Gasteiger partial charge in [-0.25, -0.2) is 0 Å². The lowest BCUT2D eigenvalue weighted by Gasteiger charge is -2.13. The predicted octanol–water partition coefficient (Wildman–Crippen LogP) is 3.70. The minimum Gasteiger partial charge on any atom is -0.324 e. The molecule has 0 aliphatic rings. The summed E-state index contributed by atoms with van der Waals surface area (Å²) in [6.45, 7) is 4.43.